The quantitative estimate of drug-likeness (QED) is 0.688. The predicted octanol–water partition coefficient (Wildman–Crippen LogP) is 0.761. The summed E-state index contributed by atoms with van der Waals surface area (Å²) in [7, 11) is 3.71. The fourth-order valence-corrected chi connectivity index (χ4v) is 3.59. The van der Waals surface area contributed by atoms with Gasteiger partial charge in [0.05, 0.1) is 11.1 Å². The van der Waals surface area contributed by atoms with Crippen LogP contribution in [0.5, 0.6) is 0 Å². The van der Waals surface area contributed by atoms with Crippen LogP contribution in [-0.4, -0.2) is 69.2 Å². The number of carbonyl (C=O) groups is 2. The predicted molar refractivity (Wildman–Crippen MR) is 113 cm³/mol. The van der Waals surface area contributed by atoms with Crippen LogP contribution in [0.3, 0.4) is 0 Å². The van der Waals surface area contributed by atoms with Crippen molar-refractivity contribution in [1.29, 1.82) is 0 Å². The molecule has 0 spiro atoms. The Balaban J connectivity index is 1.47. The van der Waals surface area contributed by atoms with Crippen LogP contribution in [0.2, 0.25) is 0 Å². The lowest BCUT2D eigenvalue weighted by Crippen LogP contribution is -2.48. The number of para-hydroxylation sites is 1. The normalized spacial score (nSPS) is 14.8. The van der Waals surface area contributed by atoms with Crippen LogP contribution in [0.1, 0.15) is 10.4 Å². The lowest BCUT2D eigenvalue weighted by molar-refractivity contribution is -0.133. The fraction of sp³-hybridized carbons (Fsp3) is 0.333. The maximum absolute atomic E-state index is 12.8. The molecule has 0 radical (unpaired) electrons. The maximum Gasteiger partial charge on any atom is 0.257 e. The van der Waals surface area contributed by atoms with E-state index in [1.165, 1.54) is 15.3 Å². The number of pyridine rings is 1. The average molecular weight is 408 g/mol. The largest absolute Gasteiger partial charge is 0.339 e. The van der Waals surface area contributed by atoms with Gasteiger partial charge in [0.2, 0.25) is 5.91 Å². The van der Waals surface area contributed by atoms with Gasteiger partial charge in [0.25, 0.3) is 11.5 Å². The number of aromatic nitrogens is 3. The van der Waals surface area contributed by atoms with E-state index < -0.39 is 5.91 Å². The second-order valence-corrected chi connectivity index (χ2v) is 7.51. The highest BCUT2D eigenvalue weighted by Gasteiger charge is 2.20. The summed E-state index contributed by atoms with van der Waals surface area (Å²) in [4.78, 5) is 41.5. The van der Waals surface area contributed by atoms with E-state index in [-0.39, 0.29) is 23.6 Å². The molecule has 2 aromatic heterocycles. The average Bonchev–Trinajstić information content (AvgIpc) is 3.17. The summed E-state index contributed by atoms with van der Waals surface area (Å²) in [6.45, 7) is 3.24. The van der Waals surface area contributed by atoms with E-state index in [1.807, 2.05) is 24.1 Å². The van der Waals surface area contributed by atoms with Crippen molar-refractivity contribution in [3.8, 4) is 0 Å². The standard InChI is InChI=1S/C21H24N6O3/c1-24-9-11-26(12-10-24)20(29)14-27-8-7-18(23-27)22-21(30)16-13-19(28)25(2)17-6-4-3-5-15(16)17/h3-8,13H,9-12,14H2,1-2H3,(H,22,23,30). The number of anilines is 1. The first kappa shape index (κ1) is 19.8. The van der Waals surface area contributed by atoms with Gasteiger partial charge in [-0.2, -0.15) is 5.10 Å². The van der Waals surface area contributed by atoms with Crippen molar-refractivity contribution in [2.24, 2.45) is 7.05 Å². The SMILES string of the molecule is CN1CCN(C(=O)Cn2ccc(NC(=O)c3cc(=O)n(C)c4ccccc34)n2)CC1. The van der Waals surface area contributed by atoms with Crippen molar-refractivity contribution >= 4 is 28.5 Å². The minimum atomic E-state index is -0.417. The number of piperazine rings is 1. The summed E-state index contributed by atoms with van der Waals surface area (Å²) >= 11 is 0. The number of nitrogens with one attached hydrogen (secondary N) is 1. The topological polar surface area (TPSA) is 92.5 Å². The van der Waals surface area contributed by atoms with Crippen LogP contribution in [0.15, 0.2) is 47.4 Å². The summed E-state index contributed by atoms with van der Waals surface area (Å²) in [6.07, 6.45) is 1.66. The maximum atomic E-state index is 12.8. The Kier molecular flexibility index (Phi) is 5.37. The highest BCUT2D eigenvalue weighted by molar-refractivity contribution is 6.12. The van der Waals surface area contributed by atoms with Crippen molar-refractivity contribution < 1.29 is 9.59 Å². The third-order valence-electron chi connectivity index (χ3n) is 5.43. The molecule has 3 heterocycles. The van der Waals surface area contributed by atoms with E-state index >= 15 is 0 Å². The molecule has 9 nitrogen and oxygen atoms in total. The number of hydrogen-bond acceptors (Lipinski definition) is 5. The zero-order valence-corrected chi connectivity index (χ0v) is 17.0. The van der Waals surface area contributed by atoms with E-state index in [0.717, 1.165) is 13.1 Å². The highest BCUT2D eigenvalue weighted by atomic mass is 16.2. The molecule has 3 aromatic rings. The van der Waals surface area contributed by atoms with Gasteiger partial charge >= 0.3 is 0 Å². The van der Waals surface area contributed by atoms with Crippen LogP contribution in [0.25, 0.3) is 10.9 Å². The number of nitrogens with zero attached hydrogens (tertiary/aromatic N) is 5. The molecular formula is C21H24N6O3. The molecule has 0 aliphatic carbocycles. The number of fused-ring (bicyclic) bond motifs is 1. The third-order valence-corrected chi connectivity index (χ3v) is 5.43. The molecule has 0 unspecified atom stereocenters. The lowest BCUT2D eigenvalue weighted by Gasteiger charge is -2.32. The number of rotatable bonds is 4. The fourth-order valence-electron chi connectivity index (χ4n) is 3.59. The van der Waals surface area contributed by atoms with Crippen molar-refractivity contribution in [3.63, 3.8) is 0 Å². The smallest absolute Gasteiger partial charge is 0.257 e. The molecule has 4 rings (SSSR count). The number of likely N-dealkylation sites (N-methyl/N-ethyl adjacent to an activating group) is 1. The zero-order chi connectivity index (χ0) is 21.3. The molecule has 1 fully saturated rings. The van der Waals surface area contributed by atoms with Gasteiger partial charge in [-0.3, -0.25) is 19.1 Å². The van der Waals surface area contributed by atoms with Crippen molar-refractivity contribution in [1.82, 2.24) is 24.1 Å². The molecule has 0 bridgehead atoms. The summed E-state index contributed by atoms with van der Waals surface area (Å²) in [5, 5.41) is 7.70. The molecule has 30 heavy (non-hydrogen) atoms. The van der Waals surface area contributed by atoms with E-state index in [1.54, 1.807) is 31.4 Å². The van der Waals surface area contributed by atoms with Crippen LogP contribution in [-0.2, 0) is 18.4 Å². The van der Waals surface area contributed by atoms with Gasteiger partial charge in [0.1, 0.15) is 6.54 Å². The third kappa shape index (κ3) is 3.97. The zero-order valence-electron chi connectivity index (χ0n) is 17.0. The van der Waals surface area contributed by atoms with Gasteiger partial charge in [-0.05, 0) is 13.1 Å². The molecule has 156 valence electrons. The molecule has 1 N–H and O–H groups in total. The Bertz CT molecular complexity index is 1160. The molecule has 1 saturated heterocycles. The molecular weight excluding hydrogens is 384 g/mol. The summed E-state index contributed by atoms with van der Waals surface area (Å²) in [6, 6.07) is 10.2. The Labute approximate surface area is 173 Å². The van der Waals surface area contributed by atoms with Gasteiger partial charge in [-0.15, -0.1) is 0 Å². The van der Waals surface area contributed by atoms with Crippen LogP contribution in [0, 0.1) is 0 Å². The van der Waals surface area contributed by atoms with Crippen LogP contribution < -0.4 is 10.9 Å². The Morgan fingerprint density at radius 2 is 1.80 bits per heavy atom. The van der Waals surface area contributed by atoms with Gasteiger partial charge in [-0.1, -0.05) is 18.2 Å². The molecule has 1 aliphatic heterocycles. The summed E-state index contributed by atoms with van der Waals surface area (Å²) in [5.74, 6) is -0.0860. The van der Waals surface area contributed by atoms with Gasteiger partial charge < -0.3 is 19.7 Å². The van der Waals surface area contributed by atoms with Crippen LogP contribution >= 0.6 is 0 Å². The summed E-state index contributed by atoms with van der Waals surface area (Å²) in [5.41, 5.74) is 0.706. The first-order chi connectivity index (χ1) is 14.4. The minimum Gasteiger partial charge on any atom is -0.339 e. The number of carbonyl (C=O) groups excluding carboxylic acids is 2. The van der Waals surface area contributed by atoms with E-state index in [2.05, 4.69) is 15.3 Å². The monoisotopic (exact) mass is 408 g/mol. The van der Waals surface area contributed by atoms with E-state index in [0.29, 0.717) is 29.8 Å². The second kappa shape index (κ2) is 8.11. The van der Waals surface area contributed by atoms with Crippen molar-refractivity contribution in [3.05, 3.63) is 58.5 Å². The molecule has 0 saturated carbocycles. The van der Waals surface area contributed by atoms with E-state index in [4.69, 9.17) is 0 Å². The highest BCUT2D eigenvalue weighted by Crippen LogP contribution is 2.17. The van der Waals surface area contributed by atoms with Gasteiger partial charge in [0, 0.05) is 56.9 Å². The number of amides is 2. The molecule has 0 atom stereocenters. The summed E-state index contributed by atoms with van der Waals surface area (Å²) < 4.78 is 3.02. The number of hydrogen-bond donors (Lipinski definition) is 1. The molecule has 2 amide bonds. The van der Waals surface area contributed by atoms with E-state index in [9.17, 15) is 14.4 Å². The molecule has 1 aliphatic rings. The Morgan fingerprint density at radius 3 is 2.57 bits per heavy atom. The number of aryl methyl sites for hydroxylation is 1. The Hall–Kier alpha value is -3.46. The first-order valence-corrected chi connectivity index (χ1v) is 9.82. The Morgan fingerprint density at radius 1 is 1.07 bits per heavy atom. The lowest BCUT2D eigenvalue weighted by atomic mass is 10.1. The van der Waals surface area contributed by atoms with Gasteiger partial charge in [0.15, 0.2) is 5.82 Å². The first-order valence-electron chi connectivity index (χ1n) is 9.82. The van der Waals surface area contributed by atoms with Crippen LogP contribution in [0.4, 0.5) is 5.82 Å². The van der Waals surface area contributed by atoms with Gasteiger partial charge in [-0.25, -0.2) is 0 Å². The molecule has 1 aromatic carbocycles. The van der Waals surface area contributed by atoms with Crippen molar-refractivity contribution in [2.45, 2.75) is 6.54 Å². The second-order valence-electron chi connectivity index (χ2n) is 7.51. The number of benzene rings is 1. The minimum absolute atomic E-state index is 0.00151. The van der Waals surface area contributed by atoms with Crippen molar-refractivity contribution in [2.75, 3.05) is 38.5 Å². The molecule has 9 heteroatoms.